The monoisotopic (exact) mass is 805 g/mol. The molecule has 247 valence electrons. The fourth-order valence-corrected chi connectivity index (χ4v) is 6.44. The minimum Gasteiger partial charge on any atom is -0.512 e. The van der Waals surface area contributed by atoms with Crippen LogP contribution in [0.1, 0.15) is 72.8 Å². The Balaban J connectivity index is 0.000000269. The number of carbonyl (C=O) groups excluding carboxylic acids is 1. The van der Waals surface area contributed by atoms with Crippen LogP contribution in [0.15, 0.2) is 95.2 Å². The van der Waals surface area contributed by atoms with E-state index in [4.69, 9.17) is 9.40 Å². The average Bonchev–Trinajstić information content (AvgIpc) is 3.44. The van der Waals surface area contributed by atoms with Gasteiger partial charge >= 0.3 is 0 Å². The summed E-state index contributed by atoms with van der Waals surface area (Å²) in [4.78, 5) is 16.5. The molecule has 6 rings (SSSR count). The number of rotatable bonds is 10. The third kappa shape index (κ3) is 7.85. The molecule has 0 fully saturated rings. The number of aromatic nitrogens is 1. The van der Waals surface area contributed by atoms with Gasteiger partial charge in [0.15, 0.2) is 5.78 Å². The molecule has 4 aromatic carbocycles. The molecular formula is C42H46IrNO3-. The molecule has 0 unspecified atom stereocenters. The number of allylic oxidation sites excluding steroid dienone is 2. The van der Waals surface area contributed by atoms with Gasteiger partial charge in [-0.25, -0.2) is 0 Å². The van der Waals surface area contributed by atoms with Crippen LogP contribution in [0.3, 0.4) is 0 Å². The number of ketones is 1. The topological polar surface area (TPSA) is 63.3 Å². The van der Waals surface area contributed by atoms with Crippen molar-refractivity contribution >= 4 is 49.3 Å². The summed E-state index contributed by atoms with van der Waals surface area (Å²) in [6.07, 6.45) is 7.74. The number of benzene rings is 4. The standard InChI is InChI=1S/C29H22NO.C13H24O2.Ir/c1-18(2)15-21-16-20(17-26-24-9-5-6-10-27(24)31-29(21)26)28-25-12-11-19-7-3-4-8-22(19)23(25)13-14-30-28;1-5-10(6-2)12(14)9-13(15)11(7-3)8-4;/h3-14,17-18H,15H2,1-2H3;9-11,14H,5-8H2,1-4H3;/q-1;;/b;12-9-;. The molecule has 2 heterocycles. The van der Waals surface area contributed by atoms with Gasteiger partial charge in [-0.05, 0) is 77.4 Å². The molecule has 0 aliphatic heterocycles. The van der Waals surface area contributed by atoms with Crippen molar-refractivity contribution in [2.45, 2.75) is 73.6 Å². The van der Waals surface area contributed by atoms with Crippen LogP contribution in [0.2, 0.25) is 0 Å². The summed E-state index contributed by atoms with van der Waals surface area (Å²) >= 11 is 0. The SMILES string of the molecule is CC(C)Cc1[c-]c(-c2nccc3c2ccc2ccccc23)cc2c1oc1ccccc12.CCC(CC)C(=O)/C=C(\O)C(CC)CC.[Ir]. The first-order valence-electron chi connectivity index (χ1n) is 16.9. The first-order valence-corrected chi connectivity index (χ1v) is 16.9. The molecule has 0 aliphatic carbocycles. The Kier molecular flexibility index (Phi) is 12.5. The molecule has 0 spiro atoms. The molecule has 1 N–H and O–H groups in total. The van der Waals surface area contributed by atoms with Crippen molar-refractivity contribution in [3.63, 3.8) is 0 Å². The summed E-state index contributed by atoms with van der Waals surface area (Å²) in [5.41, 5.74) is 4.99. The summed E-state index contributed by atoms with van der Waals surface area (Å²) < 4.78 is 6.27. The van der Waals surface area contributed by atoms with E-state index in [1.54, 1.807) is 0 Å². The number of aliphatic hydroxyl groups excluding tert-OH is 1. The van der Waals surface area contributed by atoms with Crippen LogP contribution in [-0.4, -0.2) is 15.9 Å². The van der Waals surface area contributed by atoms with Gasteiger partial charge in [-0.1, -0.05) is 107 Å². The van der Waals surface area contributed by atoms with Crippen molar-refractivity contribution in [1.29, 1.82) is 0 Å². The van der Waals surface area contributed by atoms with Gasteiger partial charge in [-0.2, -0.15) is 0 Å². The van der Waals surface area contributed by atoms with E-state index >= 15 is 0 Å². The number of pyridine rings is 1. The quantitative estimate of drug-likeness (QED) is 0.0648. The Bertz CT molecular complexity index is 2000. The molecule has 0 atom stereocenters. The number of para-hydroxylation sites is 1. The number of furan rings is 1. The second-order valence-electron chi connectivity index (χ2n) is 12.6. The number of hydrogen-bond donors (Lipinski definition) is 1. The zero-order valence-electron chi connectivity index (χ0n) is 28.4. The van der Waals surface area contributed by atoms with Crippen molar-refractivity contribution in [2.75, 3.05) is 0 Å². The van der Waals surface area contributed by atoms with Crippen molar-refractivity contribution in [3.05, 3.63) is 102 Å². The molecule has 1 radical (unpaired) electrons. The Morgan fingerprint density at radius 1 is 0.809 bits per heavy atom. The molecule has 0 saturated carbocycles. The zero-order valence-corrected chi connectivity index (χ0v) is 30.8. The fraction of sp³-hybridized carbons (Fsp3) is 0.333. The van der Waals surface area contributed by atoms with Gasteiger partial charge in [0.05, 0.1) is 11.3 Å². The molecule has 0 bridgehead atoms. The number of carbonyl (C=O) groups is 1. The maximum atomic E-state index is 11.7. The zero-order chi connectivity index (χ0) is 32.8. The first-order chi connectivity index (χ1) is 22.3. The maximum absolute atomic E-state index is 11.7. The molecule has 4 nitrogen and oxygen atoms in total. The van der Waals surface area contributed by atoms with E-state index in [9.17, 15) is 9.90 Å². The van der Waals surface area contributed by atoms with Gasteiger partial charge in [-0.3, -0.25) is 4.79 Å². The van der Waals surface area contributed by atoms with Crippen LogP contribution in [0, 0.1) is 23.8 Å². The first kappa shape index (κ1) is 36.1. The van der Waals surface area contributed by atoms with E-state index in [-0.39, 0.29) is 43.5 Å². The predicted molar refractivity (Wildman–Crippen MR) is 193 cm³/mol. The Labute approximate surface area is 292 Å². The molecule has 2 aromatic heterocycles. The number of nitrogens with zero attached hydrogens (tertiary/aromatic N) is 1. The van der Waals surface area contributed by atoms with Crippen molar-refractivity contribution < 1.29 is 34.4 Å². The third-order valence-electron chi connectivity index (χ3n) is 9.10. The molecule has 0 saturated heterocycles. The van der Waals surface area contributed by atoms with Crippen LogP contribution in [-0.2, 0) is 31.3 Å². The van der Waals surface area contributed by atoms with Gasteiger partial charge in [0.2, 0.25) is 0 Å². The van der Waals surface area contributed by atoms with Crippen LogP contribution < -0.4 is 0 Å². The molecule has 47 heavy (non-hydrogen) atoms. The largest absolute Gasteiger partial charge is 0.512 e. The van der Waals surface area contributed by atoms with Gasteiger partial charge in [-0.15, -0.1) is 17.7 Å². The minimum atomic E-state index is 0. The summed E-state index contributed by atoms with van der Waals surface area (Å²) in [5, 5.41) is 16.9. The van der Waals surface area contributed by atoms with E-state index in [1.807, 2.05) is 46.0 Å². The van der Waals surface area contributed by atoms with Crippen LogP contribution in [0.4, 0.5) is 0 Å². The van der Waals surface area contributed by atoms with E-state index in [2.05, 4.69) is 80.6 Å². The van der Waals surface area contributed by atoms with E-state index < -0.39 is 0 Å². The average molecular weight is 805 g/mol. The summed E-state index contributed by atoms with van der Waals surface area (Å²) in [7, 11) is 0. The predicted octanol–water partition coefficient (Wildman–Crippen LogP) is 11.8. The van der Waals surface area contributed by atoms with Crippen LogP contribution in [0.5, 0.6) is 0 Å². The maximum Gasteiger partial charge on any atom is 0.162 e. The van der Waals surface area contributed by atoms with Crippen LogP contribution in [0.25, 0.3) is 54.7 Å². The van der Waals surface area contributed by atoms with Gasteiger partial charge in [0.1, 0.15) is 5.58 Å². The Hall–Kier alpha value is -3.79. The molecular weight excluding hydrogens is 759 g/mol. The van der Waals surface area contributed by atoms with Crippen molar-refractivity contribution in [2.24, 2.45) is 17.8 Å². The minimum absolute atomic E-state index is 0. The van der Waals surface area contributed by atoms with Gasteiger partial charge < -0.3 is 14.5 Å². The Morgan fingerprint density at radius 2 is 1.47 bits per heavy atom. The van der Waals surface area contributed by atoms with E-state index in [1.165, 1.54) is 22.2 Å². The second kappa shape index (κ2) is 16.4. The third-order valence-corrected chi connectivity index (χ3v) is 9.10. The number of aliphatic hydroxyl groups is 1. The van der Waals surface area contributed by atoms with Crippen LogP contribution >= 0.6 is 0 Å². The summed E-state index contributed by atoms with van der Waals surface area (Å²) in [6, 6.07) is 29.1. The smallest absolute Gasteiger partial charge is 0.162 e. The van der Waals surface area contributed by atoms with E-state index in [0.29, 0.717) is 5.92 Å². The summed E-state index contributed by atoms with van der Waals surface area (Å²) in [6.45, 7) is 12.5. The fourth-order valence-electron chi connectivity index (χ4n) is 6.44. The summed E-state index contributed by atoms with van der Waals surface area (Å²) in [5.74, 6) is 1.05. The normalized spacial score (nSPS) is 11.9. The molecule has 0 aliphatic rings. The van der Waals surface area contributed by atoms with Crippen molar-refractivity contribution in [1.82, 2.24) is 4.98 Å². The number of fused-ring (bicyclic) bond motifs is 6. The van der Waals surface area contributed by atoms with Gasteiger partial charge in [0.25, 0.3) is 0 Å². The van der Waals surface area contributed by atoms with Crippen molar-refractivity contribution in [3.8, 4) is 11.3 Å². The van der Waals surface area contributed by atoms with E-state index in [0.717, 1.165) is 76.2 Å². The molecule has 5 heteroatoms. The number of hydrogen-bond acceptors (Lipinski definition) is 4. The molecule has 0 amide bonds. The molecule has 6 aromatic rings. The second-order valence-corrected chi connectivity index (χ2v) is 12.6. The Morgan fingerprint density at radius 3 is 2.15 bits per heavy atom. The van der Waals surface area contributed by atoms with Gasteiger partial charge in [0, 0.05) is 49.6 Å².